The summed E-state index contributed by atoms with van der Waals surface area (Å²) >= 11 is 6.11. The summed E-state index contributed by atoms with van der Waals surface area (Å²) in [5.74, 6) is 6.75. The van der Waals surface area contributed by atoms with E-state index in [1.54, 1.807) is 0 Å². The zero-order chi connectivity index (χ0) is 80.2. The van der Waals surface area contributed by atoms with Crippen LogP contribution in [-0.2, 0) is 9.31 Å². The molecule has 1 fully saturated rings. The highest BCUT2D eigenvalue weighted by atomic mass is 35.5. The average Bonchev–Trinajstić information content (AvgIpc) is 1.34. The van der Waals surface area contributed by atoms with Crippen molar-refractivity contribution in [3.63, 3.8) is 0 Å². The quantitative estimate of drug-likeness (QED) is 0.0836. The van der Waals surface area contributed by atoms with Gasteiger partial charge in [-0.2, -0.15) is 9.97 Å². The molecule has 5 heterocycles. The minimum Gasteiger partial charge on any atom is -0.399 e. The van der Waals surface area contributed by atoms with Crippen LogP contribution in [-0.4, -0.2) is 78.1 Å². The second-order valence-corrected chi connectivity index (χ2v) is 29.5. The second-order valence-electron chi connectivity index (χ2n) is 29.2. The van der Waals surface area contributed by atoms with E-state index in [1.807, 2.05) is 261 Å². The maximum atomic E-state index is 6.30. The number of hydrogen-bond donors (Lipinski definition) is 0. The van der Waals surface area contributed by atoms with Crippen molar-refractivity contribution in [1.29, 1.82) is 0 Å². The molecule has 0 atom stereocenters. The highest BCUT2D eigenvalue weighted by molar-refractivity contribution is 6.62. The summed E-state index contributed by atoms with van der Waals surface area (Å²) in [4.78, 5) is 57.4. The van der Waals surface area contributed by atoms with Crippen LogP contribution in [0.5, 0.6) is 0 Å². The van der Waals surface area contributed by atoms with Gasteiger partial charge in [0, 0.05) is 61.2 Å². The number of rotatable bonds is 16. The Kier molecular flexibility index (Phi) is 22.3. The zero-order valence-electron chi connectivity index (χ0n) is 65.1. The smallest absolute Gasteiger partial charge is 0.399 e. The van der Waals surface area contributed by atoms with E-state index < -0.39 is 7.12 Å². The summed E-state index contributed by atoms with van der Waals surface area (Å²) in [7, 11) is -0.413. The SMILES string of the molecule is CC1(C)OB(c2cccc(-c3cccc(-c4nc(-c5ccccc5)nc(-c5ccccc5)n4)c3)c2)OC1(C)C.Clc1nc(-c2ccccc2)nc(-c2ccc(-c3ccccc3)cc2)n1.c1ccc(-c2ccc(-c3nc(-c4ccccc4)nc(-c4cccc(-c5cccc(-c6nc(-c7ccccc7)nc(-c7ccccc7)n6)c5)c4)n3)cc2)cc1. The molecule has 0 spiro atoms. The van der Waals surface area contributed by atoms with Gasteiger partial charge in [0.15, 0.2) is 64.1 Å². The third kappa shape index (κ3) is 17.7. The first-order chi connectivity index (χ1) is 57.8. The zero-order valence-corrected chi connectivity index (χ0v) is 65.8. The van der Waals surface area contributed by atoms with Crippen molar-refractivity contribution in [2.75, 3.05) is 0 Å². The molecule has 19 rings (SSSR count). The third-order valence-corrected chi connectivity index (χ3v) is 20.8. The van der Waals surface area contributed by atoms with Crippen molar-refractivity contribution < 1.29 is 9.31 Å². The molecule has 118 heavy (non-hydrogen) atoms. The maximum absolute atomic E-state index is 6.30. The monoisotopic (exact) mass is 1550 g/mol. The predicted molar refractivity (Wildman–Crippen MR) is 475 cm³/mol. The first-order valence-electron chi connectivity index (χ1n) is 38.9. The van der Waals surface area contributed by atoms with Crippen LogP contribution in [0, 0.1) is 0 Å². The van der Waals surface area contributed by atoms with Gasteiger partial charge in [0.1, 0.15) is 0 Å². The molecule has 0 saturated carbocycles. The number of nitrogens with zero attached hydrogens (tertiary/aromatic N) is 12. The molecule has 0 amide bonds. The van der Waals surface area contributed by atoms with Crippen molar-refractivity contribution in [3.8, 4) is 170 Å². The van der Waals surface area contributed by atoms with Gasteiger partial charge in [0.2, 0.25) is 5.28 Å². The average molecular weight is 1550 g/mol. The lowest BCUT2D eigenvalue weighted by molar-refractivity contribution is 0.00578. The second kappa shape index (κ2) is 34.6. The third-order valence-electron chi connectivity index (χ3n) is 20.6. The Morgan fingerprint density at radius 3 is 0.602 bits per heavy atom. The van der Waals surface area contributed by atoms with Crippen LogP contribution < -0.4 is 5.46 Å². The van der Waals surface area contributed by atoms with Gasteiger partial charge in [-0.15, -0.1) is 0 Å². The Morgan fingerprint density at radius 2 is 0.347 bits per heavy atom. The molecule has 14 nitrogen and oxygen atoms in total. The molecule has 0 unspecified atom stereocenters. The molecular formula is C102H76BClN12O2. The summed E-state index contributed by atoms with van der Waals surface area (Å²) in [6.45, 7) is 8.29. The standard InChI is InChI=1S/C48H32N6.C33H30BN3O2.C21H14ClN3/c1-5-15-33(16-6-1)34-27-29-38(30-28-34)46-50-45(37-21-11-4-12-22-37)53-48(54-46)42-26-14-24-40(32-42)39-23-13-25-41(31-39)47-51-43(35-17-7-2-8-18-35)49-44(52-47)36-19-9-3-10-20-36;1-32(2)33(3,4)39-34(38-32)28-20-12-18-26(22-28)25-17-11-19-27(21-25)31-36-29(23-13-7-5-8-14-23)35-30(37-31)24-15-9-6-10-16-24;22-21-24-19(17-9-5-2-6-10-17)23-20(25-21)18-13-11-16(12-14-18)15-7-3-1-4-8-15/h1-32H;5-22H,1-4H3;1-14H. The maximum Gasteiger partial charge on any atom is 0.494 e. The number of halogens is 1. The molecule has 14 aromatic carbocycles. The van der Waals surface area contributed by atoms with E-state index >= 15 is 0 Å². The van der Waals surface area contributed by atoms with Gasteiger partial charge in [-0.1, -0.05) is 370 Å². The molecule has 18 aromatic rings. The lowest BCUT2D eigenvalue weighted by Gasteiger charge is -2.32. The fraction of sp³-hybridized carbons (Fsp3) is 0.0588. The molecule has 566 valence electrons. The number of benzene rings is 14. The summed E-state index contributed by atoms with van der Waals surface area (Å²) in [6.07, 6.45) is 0. The van der Waals surface area contributed by atoms with Crippen molar-refractivity contribution in [2.45, 2.75) is 38.9 Å². The Balaban J connectivity index is 0.000000136. The molecule has 0 N–H and O–H groups in total. The van der Waals surface area contributed by atoms with Gasteiger partial charge < -0.3 is 9.31 Å². The topological polar surface area (TPSA) is 173 Å². The van der Waals surface area contributed by atoms with Gasteiger partial charge in [0.25, 0.3) is 0 Å². The van der Waals surface area contributed by atoms with Crippen LogP contribution in [0.25, 0.3) is 170 Å². The summed E-state index contributed by atoms with van der Waals surface area (Å²) in [5, 5.41) is 0.191. The van der Waals surface area contributed by atoms with Gasteiger partial charge in [-0.3, -0.25) is 0 Å². The Hall–Kier alpha value is -14.6. The fourth-order valence-electron chi connectivity index (χ4n) is 13.7. The van der Waals surface area contributed by atoms with Crippen molar-refractivity contribution in [1.82, 2.24) is 59.8 Å². The Labute approximate surface area is 691 Å². The Bertz CT molecular complexity index is 6360. The molecule has 0 radical (unpaired) electrons. The highest BCUT2D eigenvalue weighted by Crippen LogP contribution is 2.39. The summed E-state index contributed by atoms with van der Waals surface area (Å²) in [6, 6.07) is 130. The first kappa shape index (κ1) is 76.0. The molecule has 1 aliphatic rings. The van der Waals surface area contributed by atoms with Crippen LogP contribution >= 0.6 is 11.6 Å². The van der Waals surface area contributed by atoms with E-state index in [-0.39, 0.29) is 16.5 Å². The van der Waals surface area contributed by atoms with E-state index in [0.29, 0.717) is 64.1 Å². The van der Waals surface area contributed by atoms with Crippen LogP contribution in [0.2, 0.25) is 5.28 Å². The van der Waals surface area contributed by atoms with Crippen molar-refractivity contribution in [3.05, 3.63) is 394 Å². The largest absolute Gasteiger partial charge is 0.494 e. The summed E-state index contributed by atoms with van der Waals surface area (Å²) in [5.41, 5.74) is 19.1. The first-order valence-corrected chi connectivity index (χ1v) is 39.3. The van der Waals surface area contributed by atoms with Gasteiger partial charge in [-0.05, 0) is 107 Å². The van der Waals surface area contributed by atoms with Gasteiger partial charge in [-0.25, -0.2) is 49.8 Å². The molecule has 16 heteroatoms. The van der Waals surface area contributed by atoms with E-state index in [0.717, 1.165) is 106 Å². The van der Waals surface area contributed by atoms with Crippen LogP contribution in [0.1, 0.15) is 27.7 Å². The number of aromatic nitrogens is 12. The molecule has 0 aliphatic carbocycles. The minimum atomic E-state index is -0.413. The van der Waals surface area contributed by atoms with E-state index in [4.69, 9.17) is 65.8 Å². The normalized spacial score (nSPS) is 12.5. The van der Waals surface area contributed by atoms with Crippen LogP contribution in [0.15, 0.2) is 388 Å². The molecule has 4 aromatic heterocycles. The molecule has 1 aliphatic heterocycles. The van der Waals surface area contributed by atoms with Crippen LogP contribution in [0.4, 0.5) is 0 Å². The van der Waals surface area contributed by atoms with E-state index in [1.165, 1.54) is 5.56 Å². The predicted octanol–water partition coefficient (Wildman–Crippen LogP) is 23.8. The molecule has 0 bridgehead atoms. The molecule has 1 saturated heterocycles. The highest BCUT2D eigenvalue weighted by Gasteiger charge is 2.51. The fourth-order valence-corrected chi connectivity index (χ4v) is 13.8. The molecular weight excluding hydrogens is 1470 g/mol. The van der Waals surface area contributed by atoms with Gasteiger partial charge in [0.05, 0.1) is 11.2 Å². The lowest BCUT2D eigenvalue weighted by atomic mass is 9.78. The lowest BCUT2D eigenvalue weighted by Crippen LogP contribution is -2.41. The number of hydrogen-bond acceptors (Lipinski definition) is 14. The van der Waals surface area contributed by atoms with Gasteiger partial charge >= 0.3 is 7.12 Å². The van der Waals surface area contributed by atoms with Crippen molar-refractivity contribution in [2.24, 2.45) is 0 Å². The van der Waals surface area contributed by atoms with Crippen molar-refractivity contribution >= 4 is 24.2 Å². The van der Waals surface area contributed by atoms with Crippen LogP contribution in [0.3, 0.4) is 0 Å². The minimum absolute atomic E-state index is 0.191. The Morgan fingerprint density at radius 1 is 0.178 bits per heavy atom. The van der Waals surface area contributed by atoms with E-state index in [9.17, 15) is 0 Å². The van der Waals surface area contributed by atoms with E-state index in [2.05, 4.69) is 170 Å². The summed E-state index contributed by atoms with van der Waals surface area (Å²) < 4.78 is 12.6.